The Hall–Kier alpha value is 0.180. The normalized spacial score (nSPS) is 12.4. The predicted octanol–water partition coefficient (Wildman–Crippen LogP) is 9.50. The molecule has 1 nitrogen and oxygen atoms in total. The molecular formula is C25H44IOP. The lowest BCUT2D eigenvalue weighted by Crippen LogP contribution is -1.99. The van der Waals surface area contributed by atoms with E-state index in [9.17, 15) is 5.11 Å². The number of aromatic hydroxyl groups is 1. The Morgan fingerprint density at radius 2 is 1.04 bits per heavy atom. The molecule has 1 N–H and O–H groups in total. The zero-order valence-electron chi connectivity index (χ0n) is 18.3. The fourth-order valence-electron chi connectivity index (χ4n) is 3.77. The quantitative estimate of drug-likeness (QED) is 0.110. The van der Waals surface area contributed by atoms with Gasteiger partial charge >= 0.3 is 0 Å². The van der Waals surface area contributed by atoms with Crippen molar-refractivity contribution in [2.24, 2.45) is 0 Å². The molecule has 0 aromatic heterocycles. The van der Waals surface area contributed by atoms with Crippen molar-refractivity contribution >= 4 is 32.9 Å². The van der Waals surface area contributed by atoms with Crippen molar-refractivity contribution < 1.29 is 5.11 Å². The minimum atomic E-state index is -0.220. The highest BCUT2D eigenvalue weighted by molar-refractivity contribution is 14.2. The van der Waals surface area contributed by atoms with E-state index in [-0.39, 0.29) is 5.56 Å². The van der Waals surface area contributed by atoms with Gasteiger partial charge in [0.25, 0.3) is 0 Å². The van der Waals surface area contributed by atoms with Crippen LogP contribution in [0.15, 0.2) is 24.3 Å². The molecule has 0 radical (unpaired) electrons. The highest BCUT2D eigenvalue weighted by atomic mass is 127. The van der Waals surface area contributed by atoms with E-state index in [0.29, 0.717) is 5.75 Å². The first-order valence-corrected chi connectivity index (χ1v) is 16.3. The third kappa shape index (κ3) is 14.2. The predicted molar refractivity (Wildman–Crippen MR) is 138 cm³/mol. The second kappa shape index (κ2) is 19.2. The van der Waals surface area contributed by atoms with E-state index in [1.807, 2.05) is 18.2 Å². The van der Waals surface area contributed by atoms with Gasteiger partial charge in [0.15, 0.2) is 0 Å². The van der Waals surface area contributed by atoms with Crippen molar-refractivity contribution in [3.63, 3.8) is 0 Å². The maximum absolute atomic E-state index is 9.94. The summed E-state index contributed by atoms with van der Waals surface area (Å²) in [4.78, 5) is 0. The zero-order valence-corrected chi connectivity index (χ0v) is 21.4. The maximum Gasteiger partial charge on any atom is 0.124 e. The second-order valence-electron chi connectivity index (χ2n) is 8.23. The number of hydrogen-bond acceptors (Lipinski definition) is 1. The topological polar surface area (TPSA) is 20.2 Å². The number of halogens is 1. The van der Waals surface area contributed by atoms with Crippen LogP contribution in [-0.4, -0.2) is 11.3 Å². The van der Waals surface area contributed by atoms with Crippen LogP contribution in [0.2, 0.25) is 0 Å². The summed E-state index contributed by atoms with van der Waals surface area (Å²) in [6.07, 6.45) is 25.5. The van der Waals surface area contributed by atoms with E-state index in [0.717, 1.165) is 5.30 Å². The molecule has 0 saturated carbocycles. The number of phenols is 1. The molecule has 0 amide bonds. The van der Waals surface area contributed by atoms with Crippen LogP contribution < -0.4 is 5.30 Å². The van der Waals surface area contributed by atoms with Gasteiger partial charge in [0, 0.05) is 5.30 Å². The Bertz CT molecular complexity index is 466. The van der Waals surface area contributed by atoms with Gasteiger partial charge < -0.3 is 5.11 Å². The summed E-state index contributed by atoms with van der Waals surface area (Å²) in [5.74, 6) is 0.481. The minimum absolute atomic E-state index is 0.220. The van der Waals surface area contributed by atoms with Gasteiger partial charge in [-0.2, -0.15) is 0 Å². The van der Waals surface area contributed by atoms with Crippen molar-refractivity contribution in [2.75, 3.05) is 6.16 Å². The van der Waals surface area contributed by atoms with Gasteiger partial charge in [0.1, 0.15) is 5.75 Å². The molecule has 0 aliphatic carbocycles. The van der Waals surface area contributed by atoms with E-state index >= 15 is 0 Å². The highest BCUT2D eigenvalue weighted by Gasteiger charge is 2.10. The molecule has 0 fully saturated rings. The average Bonchev–Trinajstić information content (AvgIpc) is 2.70. The minimum Gasteiger partial charge on any atom is -0.507 e. The molecule has 1 atom stereocenters. The molecule has 1 unspecified atom stereocenters. The van der Waals surface area contributed by atoms with Crippen molar-refractivity contribution in [1.82, 2.24) is 0 Å². The third-order valence-electron chi connectivity index (χ3n) is 5.60. The fourth-order valence-corrected chi connectivity index (χ4v) is 7.33. The summed E-state index contributed by atoms with van der Waals surface area (Å²) in [5, 5.41) is 11.1. The molecule has 1 rings (SSSR count). The lowest BCUT2D eigenvalue weighted by Gasteiger charge is -2.11. The Morgan fingerprint density at radius 1 is 0.643 bits per heavy atom. The molecule has 0 aliphatic rings. The lowest BCUT2D eigenvalue weighted by molar-refractivity contribution is 0.480. The second-order valence-corrected chi connectivity index (χ2v) is 13.4. The number of para-hydroxylation sites is 1. The van der Waals surface area contributed by atoms with Crippen LogP contribution in [0.4, 0.5) is 0 Å². The van der Waals surface area contributed by atoms with Crippen molar-refractivity contribution in [3.05, 3.63) is 24.3 Å². The van der Waals surface area contributed by atoms with Crippen LogP contribution in [0, 0.1) is 0 Å². The Kier molecular flexibility index (Phi) is 17.9. The molecule has 3 heteroatoms. The van der Waals surface area contributed by atoms with Gasteiger partial charge in [0.2, 0.25) is 0 Å². The van der Waals surface area contributed by atoms with Crippen LogP contribution >= 0.6 is 27.6 Å². The van der Waals surface area contributed by atoms with Crippen molar-refractivity contribution in [3.8, 4) is 5.75 Å². The fraction of sp³-hybridized carbons (Fsp3) is 0.760. The molecule has 1 aromatic rings. The molecule has 0 aliphatic heterocycles. The summed E-state index contributed by atoms with van der Waals surface area (Å²) >= 11 is 2.54. The third-order valence-corrected chi connectivity index (χ3v) is 10.2. The molecule has 162 valence electrons. The van der Waals surface area contributed by atoms with Crippen LogP contribution in [0.3, 0.4) is 0 Å². The SMILES string of the molecule is CCCCCCCCCCCCCCCCCCCP(I)c1ccccc1O. The van der Waals surface area contributed by atoms with Crippen LogP contribution in [0.5, 0.6) is 5.75 Å². The van der Waals surface area contributed by atoms with Crippen molar-refractivity contribution in [2.45, 2.75) is 116 Å². The van der Waals surface area contributed by atoms with Gasteiger partial charge in [-0.3, -0.25) is 0 Å². The summed E-state index contributed by atoms with van der Waals surface area (Å²) in [7, 11) is 0. The van der Waals surface area contributed by atoms with E-state index in [2.05, 4.69) is 35.0 Å². The van der Waals surface area contributed by atoms with Gasteiger partial charge in [-0.15, -0.1) is 0 Å². The zero-order chi connectivity index (χ0) is 20.3. The number of rotatable bonds is 19. The molecule has 0 saturated heterocycles. The molecular weight excluding hydrogens is 474 g/mol. The van der Waals surface area contributed by atoms with E-state index in [1.165, 1.54) is 115 Å². The summed E-state index contributed by atoms with van der Waals surface area (Å²) in [5.41, 5.74) is -0.220. The first-order chi connectivity index (χ1) is 13.8. The number of phenolic OH excluding ortho intramolecular Hbond substituents is 1. The van der Waals surface area contributed by atoms with E-state index in [1.54, 1.807) is 0 Å². The molecule has 0 heterocycles. The van der Waals surface area contributed by atoms with Gasteiger partial charge in [-0.05, 0) is 46.3 Å². The summed E-state index contributed by atoms with van der Waals surface area (Å²) in [6, 6.07) is 7.85. The number of benzene rings is 1. The molecule has 0 bridgehead atoms. The van der Waals surface area contributed by atoms with E-state index in [4.69, 9.17) is 0 Å². The largest absolute Gasteiger partial charge is 0.507 e. The van der Waals surface area contributed by atoms with Gasteiger partial charge in [-0.25, -0.2) is 0 Å². The average molecular weight is 519 g/mol. The standard InChI is InChI=1S/C25H44IOP/c1-2-3-4-5-6-7-8-9-10-11-12-13-14-15-16-17-20-23-28(26)25-22-19-18-21-24(25)27/h18-19,21-22,27H,2-17,20,23H2,1H3. The van der Waals surface area contributed by atoms with Crippen LogP contribution in [-0.2, 0) is 0 Å². The van der Waals surface area contributed by atoms with Crippen LogP contribution in [0.25, 0.3) is 0 Å². The lowest BCUT2D eigenvalue weighted by atomic mass is 10.0. The molecule has 0 spiro atoms. The Morgan fingerprint density at radius 3 is 1.46 bits per heavy atom. The highest BCUT2D eigenvalue weighted by Crippen LogP contribution is 2.46. The summed E-state index contributed by atoms with van der Waals surface area (Å²) < 4.78 is 0. The molecule has 1 aromatic carbocycles. The smallest absolute Gasteiger partial charge is 0.124 e. The first kappa shape index (κ1) is 26.2. The Labute approximate surface area is 189 Å². The monoisotopic (exact) mass is 518 g/mol. The van der Waals surface area contributed by atoms with Gasteiger partial charge in [0.05, 0.1) is 0 Å². The van der Waals surface area contributed by atoms with Gasteiger partial charge in [-0.1, -0.05) is 128 Å². The number of unbranched alkanes of at least 4 members (excludes halogenated alkanes) is 16. The summed E-state index contributed by atoms with van der Waals surface area (Å²) in [6.45, 7) is 2.29. The first-order valence-electron chi connectivity index (χ1n) is 12.0. The van der Waals surface area contributed by atoms with Crippen molar-refractivity contribution in [1.29, 1.82) is 0 Å². The van der Waals surface area contributed by atoms with E-state index < -0.39 is 0 Å². The molecule has 28 heavy (non-hydrogen) atoms. The maximum atomic E-state index is 9.94. The van der Waals surface area contributed by atoms with Crippen LogP contribution in [0.1, 0.15) is 116 Å². The Balaban J connectivity index is 1.79. The number of hydrogen-bond donors (Lipinski definition) is 1.